The van der Waals surface area contributed by atoms with Crippen molar-refractivity contribution in [1.29, 1.82) is 0 Å². The van der Waals surface area contributed by atoms with E-state index in [0.29, 0.717) is 0 Å². The Bertz CT molecular complexity index is 810. The molecule has 0 radical (unpaired) electrons. The standard InChI is InChI=1S/C22H23NO/c1-2-15-23(16-14-18-8-4-3-5-9-18)22(24)21-13-12-19-10-6-7-11-20(19)17-21/h3-13,17H,2,14-16H2,1H3. The highest BCUT2D eigenvalue weighted by atomic mass is 16.2. The Morgan fingerprint density at radius 1 is 0.833 bits per heavy atom. The predicted molar refractivity (Wildman–Crippen MR) is 100 cm³/mol. The molecule has 3 aromatic carbocycles. The van der Waals surface area contributed by atoms with Gasteiger partial charge in [-0.25, -0.2) is 0 Å². The van der Waals surface area contributed by atoms with E-state index >= 15 is 0 Å². The molecule has 0 atom stereocenters. The number of rotatable bonds is 6. The van der Waals surface area contributed by atoms with E-state index in [1.54, 1.807) is 0 Å². The van der Waals surface area contributed by atoms with Gasteiger partial charge in [-0.1, -0.05) is 67.6 Å². The van der Waals surface area contributed by atoms with Crippen LogP contribution in [0.4, 0.5) is 0 Å². The minimum atomic E-state index is 0.124. The van der Waals surface area contributed by atoms with Gasteiger partial charge in [0, 0.05) is 18.7 Å². The Hall–Kier alpha value is -2.61. The van der Waals surface area contributed by atoms with Crippen LogP contribution in [0, 0.1) is 0 Å². The minimum absolute atomic E-state index is 0.124. The van der Waals surface area contributed by atoms with Crippen molar-refractivity contribution >= 4 is 16.7 Å². The van der Waals surface area contributed by atoms with E-state index in [1.165, 1.54) is 10.9 Å². The van der Waals surface area contributed by atoms with Gasteiger partial charge in [0.1, 0.15) is 0 Å². The van der Waals surface area contributed by atoms with Crippen LogP contribution in [0.25, 0.3) is 10.8 Å². The van der Waals surface area contributed by atoms with Crippen LogP contribution in [0.3, 0.4) is 0 Å². The molecule has 0 saturated carbocycles. The fourth-order valence-corrected chi connectivity index (χ4v) is 3.00. The summed E-state index contributed by atoms with van der Waals surface area (Å²) in [6, 6.07) is 24.5. The van der Waals surface area contributed by atoms with E-state index in [0.717, 1.165) is 36.9 Å². The van der Waals surface area contributed by atoms with E-state index in [2.05, 4.69) is 31.2 Å². The number of carbonyl (C=O) groups is 1. The van der Waals surface area contributed by atoms with Gasteiger partial charge in [-0.2, -0.15) is 0 Å². The van der Waals surface area contributed by atoms with Crippen molar-refractivity contribution in [2.24, 2.45) is 0 Å². The molecule has 3 aromatic rings. The van der Waals surface area contributed by atoms with Gasteiger partial charge in [0.2, 0.25) is 0 Å². The van der Waals surface area contributed by atoms with E-state index in [-0.39, 0.29) is 5.91 Å². The number of benzene rings is 3. The first-order valence-electron chi connectivity index (χ1n) is 8.60. The number of nitrogens with zero attached hydrogens (tertiary/aromatic N) is 1. The third kappa shape index (κ3) is 3.83. The fourth-order valence-electron chi connectivity index (χ4n) is 3.00. The van der Waals surface area contributed by atoms with Gasteiger partial charge in [-0.3, -0.25) is 4.79 Å². The van der Waals surface area contributed by atoms with Crippen LogP contribution in [-0.2, 0) is 6.42 Å². The SMILES string of the molecule is CCCN(CCc1ccccc1)C(=O)c1ccc2ccccc2c1. The number of amides is 1. The third-order valence-corrected chi connectivity index (χ3v) is 4.29. The van der Waals surface area contributed by atoms with Crippen molar-refractivity contribution < 1.29 is 4.79 Å². The summed E-state index contributed by atoms with van der Waals surface area (Å²) in [4.78, 5) is 14.9. The maximum Gasteiger partial charge on any atom is 0.253 e. The highest BCUT2D eigenvalue weighted by molar-refractivity contribution is 5.98. The lowest BCUT2D eigenvalue weighted by Crippen LogP contribution is -2.33. The second-order valence-corrected chi connectivity index (χ2v) is 6.09. The van der Waals surface area contributed by atoms with Crippen LogP contribution in [0.5, 0.6) is 0 Å². The molecule has 0 saturated heterocycles. The highest BCUT2D eigenvalue weighted by Crippen LogP contribution is 2.17. The summed E-state index contributed by atoms with van der Waals surface area (Å²) in [6.45, 7) is 3.66. The van der Waals surface area contributed by atoms with Crippen LogP contribution >= 0.6 is 0 Å². The summed E-state index contributed by atoms with van der Waals surface area (Å²) < 4.78 is 0. The second kappa shape index (κ2) is 7.78. The molecule has 0 N–H and O–H groups in total. The van der Waals surface area contributed by atoms with Gasteiger partial charge >= 0.3 is 0 Å². The lowest BCUT2D eigenvalue weighted by Gasteiger charge is -2.22. The molecule has 0 unspecified atom stereocenters. The molecule has 24 heavy (non-hydrogen) atoms. The normalized spacial score (nSPS) is 10.7. The zero-order valence-corrected chi connectivity index (χ0v) is 14.1. The Morgan fingerprint density at radius 2 is 1.54 bits per heavy atom. The first-order chi connectivity index (χ1) is 11.8. The Kier molecular flexibility index (Phi) is 5.27. The average Bonchev–Trinajstić information content (AvgIpc) is 2.65. The Balaban J connectivity index is 1.77. The van der Waals surface area contributed by atoms with Crippen LogP contribution in [-0.4, -0.2) is 23.9 Å². The summed E-state index contributed by atoms with van der Waals surface area (Å²) in [6.07, 6.45) is 1.86. The molecule has 2 heteroatoms. The van der Waals surface area contributed by atoms with Crippen molar-refractivity contribution in [2.75, 3.05) is 13.1 Å². The van der Waals surface area contributed by atoms with Crippen molar-refractivity contribution in [3.8, 4) is 0 Å². The average molecular weight is 317 g/mol. The molecule has 0 aromatic heterocycles. The molecule has 0 aliphatic rings. The molecule has 0 bridgehead atoms. The molecule has 0 spiro atoms. The van der Waals surface area contributed by atoms with E-state index in [9.17, 15) is 4.79 Å². The smallest absolute Gasteiger partial charge is 0.253 e. The Labute approximate surface area is 143 Å². The third-order valence-electron chi connectivity index (χ3n) is 4.29. The topological polar surface area (TPSA) is 20.3 Å². The number of carbonyl (C=O) groups excluding carboxylic acids is 1. The maximum absolute atomic E-state index is 12.9. The van der Waals surface area contributed by atoms with Gasteiger partial charge in [-0.05, 0) is 41.3 Å². The summed E-state index contributed by atoms with van der Waals surface area (Å²) in [5.74, 6) is 0.124. The minimum Gasteiger partial charge on any atom is -0.338 e. The molecular formula is C22H23NO. The fraction of sp³-hybridized carbons (Fsp3) is 0.227. The van der Waals surface area contributed by atoms with Gasteiger partial charge in [-0.15, -0.1) is 0 Å². The number of hydrogen-bond donors (Lipinski definition) is 0. The van der Waals surface area contributed by atoms with Crippen LogP contribution in [0.15, 0.2) is 72.8 Å². The molecule has 2 nitrogen and oxygen atoms in total. The second-order valence-electron chi connectivity index (χ2n) is 6.09. The molecule has 0 aliphatic heterocycles. The molecular weight excluding hydrogens is 294 g/mol. The summed E-state index contributed by atoms with van der Waals surface area (Å²) in [5.41, 5.74) is 2.04. The van der Waals surface area contributed by atoms with E-state index in [1.807, 2.05) is 53.4 Å². The number of hydrogen-bond acceptors (Lipinski definition) is 1. The molecule has 0 aliphatic carbocycles. The zero-order chi connectivity index (χ0) is 16.8. The molecule has 122 valence electrons. The highest BCUT2D eigenvalue weighted by Gasteiger charge is 2.15. The molecule has 3 rings (SSSR count). The summed E-state index contributed by atoms with van der Waals surface area (Å²) >= 11 is 0. The van der Waals surface area contributed by atoms with Gasteiger partial charge in [0.25, 0.3) is 5.91 Å². The summed E-state index contributed by atoms with van der Waals surface area (Å²) in [7, 11) is 0. The lowest BCUT2D eigenvalue weighted by atomic mass is 10.1. The van der Waals surface area contributed by atoms with Crippen LogP contribution in [0.2, 0.25) is 0 Å². The molecule has 1 amide bonds. The monoisotopic (exact) mass is 317 g/mol. The van der Waals surface area contributed by atoms with Gasteiger partial charge < -0.3 is 4.90 Å². The van der Waals surface area contributed by atoms with Crippen molar-refractivity contribution in [1.82, 2.24) is 4.90 Å². The van der Waals surface area contributed by atoms with Crippen LogP contribution < -0.4 is 0 Å². The lowest BCUT2D eigenvalue weighted by molar-refractivity contribution is 0.0757. The van der Waals surface area contributed by atoms with Crippen molar-refractivity contribution in [2.45, 2.75) is 19.8 Å². The molecule has 0 heterocycles. The van der Waals surface area contributed by atoms with Crippen LogP contribution in [0.1, 0.15) is 29.3 Å². The first kappa shape index (κ1) is 16.3. The van der Waals surface area contributed by atoms with Crippen molar-refractivity contribution in [3.05, 3.63) is 83.9 Å². The first-order valence-corrected chi connectivity index (χ1v) is 8.60. The Morgan fingerprint density at radius 3 is 2.29 bits per heavy atom. The van der Waals surface area contributed by atoms with E-state index < -0.39 is 0 Å². The maximum atomic E-state index is 12.9. The quantitative estimate of drug-likeness (QED) is 0.631. The predicted octanol–water partition coefficient (Wildman–Crippen LogP) is 4.93. The zero-order valence-electron chi connectivity index (χ0n) is 14.1. The number of fused-ring (bicyclic) bond motifs is 1. The van der Waals surface area contributed by atoms with Gasteiger partial charge in [0.15, 0.2) is 0 Å². The molecule has 0 fully saturated rings. The van der Waals surface area contributed by atoms with Gasteiger partial charge in [0.05, 0.1) is 0 Å². The van der Waals surface area contributed by atoms with Crippen molar-refractivity contribution in [3.63, 3.8) is 0 Å². The van der Waals surface area contributed by atoms with E-state index in [4.69, 9.17) is 0 Å². The largest absolute Gasteiger partial charge is 0.338 e. The summed E-state index contributed by atoms with van der Waals surface area (Å²) in [5, 5.41) is 2.28.